The Balaban J connectivity index is 1.74. The van der Waals surface area contributed by atoms with Gasteiger partial charge in [-0.25, -0.2) is 4.79 Å². The quantitative estimate of drug-likeness (QED) is 0.469. The van der Waals surface area contributed by atoms with Crippen LogP contribution in [-0.4, -0.2) is 26.5 Å². The predicted molar refractivity (Wildman–Crippen MR) is 131 cm³/mol. The monoisotopic (exact) mass is 459 g/mol. The standard InChI is InChI=1S/C26H25N3O3S/c1-17-8-6-7-11-20(17)15-29-25-23(21-12-13-27(18(2)30)16-22(21)33-25)24(31)28(26(29)32)14-19-9-4-3-5-10-19/h3-11H,12-16H2,1-2H3. The van der Waals surface area contributed by atoms with Crippen LogP contribution in [0.4, 0.5) is 0 Å². The summed E-state index contributed by atoms with van der Waals surface area (Å²) < 4.78 is 3.10. The van der Waals surface area contributed by atoms with Crippen LogP contribution in [0, 0.1) is 6.92 Å². The van der Waals surface area contributed by atoms with Crippen LogP contribution in [0.25, 0.3) is 10.2 Å². The van der Waals surface area contributed by atoms with E-state index in [0.717, 1.165) is 27.1 Å². The number of rotatable bonds is 4. The fraction of sp³-hybridized carbons (Fsp3) is 0.269. The predicted octanol–water partition coefficient (Wildman–Crippen LogP) is 3.53. The molecule has 4 aromatic rings. The lowest BCUT2D eigenvalue weighted by Gasteiger charge is -2.25. The lowest BCUT2D eigenvalue weighted by atomic mass is 10.0. The molecule has 3 heterocycles. The van der Waals surface area contributed by atoms with Crippen LogP contribution in [0.3, 0.4) is 0 Å². The Morgan fingerprint density at radius 3 is 2.42 bits per heavy atom. The Morgan fingerprint density at radius 1 is 0.970 bits per heavy atom. The van der Waals surface area contributed by atoms with Crippen molar-refractivity contribution in [2.24, 2.45) is 0 Å². The van der Waals surface area contributed by atoms with Gasteiger partial charge in [0.15, 0.2) is 0 Å². The van der Waals surface area contributed by atoms with Gasteiger partial charge >= 0.3 is 5.69 Å². The Bertz CT molecular complexity index is 1480. The number of benzene rings is 2. The van der Waals surface area contributed by atoms with E-state index in [9.17, 15) is 14.4 Å². The van der Waals surface area contributed by atoms with Crippen molar-refractivity contribution in [3.8, 4) is 0 Å². The van der Waals surface area contributed by atoms with E-state index in [4.69, 9.17) is 0 Å². The average Bonchev–Trinajstić information content (AvgIpc) is 3.20. The minimum atomic E-state index is -0.304. The van der Waals surface area contributed by atoms with E-state index in [1.54, 1.807) is 16.4 Å². The highest BCUT2D eigenvalue weighted by Gasteiger charge is 2.27. The molecule has 7 heteroatoms. The smallest absolute Gasteiger partial charge is 0.332 e. The number of amides is 1. The molecule has 33 heavy (non-hydrogen) atoms. The first kappa shape index (κ1) is 21.4. The summed E-state index contributed by atoms with van der Waals surface area (Å²) in [4.78, 5) is 42.8. The van der Waals surface area contributed by atoms with Gasteiger partial charge in [-0.15, -0.1) is 11.3 Å². The molecule has 1 aliphatic heterocycles. The van der Waals surface area contributed by atoms with Gasteiger partial charge in [0.2, 0.25) is 5.91 Å². The zero-order valence-corrected chi connectivity index (χ0v) is 19.5. The number of hydrogen-bond donors (Lipinski definition) is 0. The number of aromatic nitrogens is 2. The summed E-state index contributed by atoms with van der Waals surface area (Å²) in [6.45, 7) is 5.30. The normalized spacial score (nSPS) is 13.3. The zero-order chi connectivity index (χ0) is 23.1. The van der Waals surface area contributed by atoms with E-state index in [2.05, 4.69) is 0 Å². The average molecular weight is 460 g/mol. The summed E-state index contributed by atoms with van der Waals surface area (Å²) in [6, 6.07) is 17.6. The highest BCUT2D eigenvalue weighted by atomic mass is 32.1. The van der Waals surface area contributed by atoms with E-state index < -0.39 is 0 Å². The highest BCUT2D eigenvalue weighted by molar-refractivity contribution is 7.18. The van der Waals surface area contributed by atoms with Gasteiger partial charge in [0.05, 0.1) is 25.0 Å². The maximum Gasteiger partial charge on any atom is 0.332 e. The third-order valence-corrected chi connectivity index (χ3v) is 7.66. The summed E-state index contributed by atoms with van der Waals surface area (Å²) >= 11 is 1.47. The van der Waals surface area contributed by atoms with Crippen LogP contribution in [0.5, 0.6) is 0 Å². The fourth-order valence-electron chi connectivity index (χ4n) is 4.53. The molecule has 0 atom stereocenters. The van der Waals surface area contributed by atoms with Crippen molar-refractivity contribution < 1.29 is 4.79 Å². The van der Waals surface area contributed by atoms with Crippen molar-refractivity contribution in [1.82, 2.24) is 14.0 Å². The molecular weight excluding hydrogens is 434 g/mol. The maximum absolute atomic E-state index is 13.7. The molecule has 2 aromatic heterocycles. The first-order valence-corrected chi connectivity index (χ1v) is 11.9. The number of carbonyl (C=O) groups excluding carboxylic acids is 1. The fourth-order valence-corrected chi connectivity index (χ4v) is 5.87. The third-order valence-electron chi connectivity index (χ3n) is 6.42. The Labute approximate surface area is 195 Å². The van der Waals surface area contributed by atoms with Crippen LogP contribution >= 0.6 is 11.3 Å². The number of aryl methyl sites for hydroxylation is 1. The summed E-state index contributed by atoms with van der Waals surface area (Å²) in [5.41, 5.74) is 3.49. The molecule has 0 N–H and O–H groups in total. The Kier molecular flexibility index (Phi) is 5.50. The molecule has 0 aliphatic carbocycles. The molecule has 0 unspecified atom stereocenters. The molecule has 0 spiro atoms. The second kappa shape index (κ2) is 8.48. The van der Waals surface area contributed by atoms with Gasteiger partial charge in [0.1, 0.15) is 4.83 Å². The van der Waals surface area contributed by atoms with Gasteiger partial charge in [-0.05, 0) is 35.6 Å². The molecule has 0 radical (unpaired) electrons. The van der Waals surface area contributed by atoms with Crippen molar-refractivity contribution in [2.45, 2.75) is 39.9 Å². The van der Waals surface area contributed by atoms with Gasteiger partial charge in [-0.3, -0.25) is 18.7 Å². The molecule has 1 aliphatic rings. The van der Waals surface area contributed by atoms with E-state index >= 15 is 0 Å². The molecule has 0 fully saturated rings. The number of hydrogen-bond acceptors (Lipinski definition) is 4. The van der Waals surface area contributed by atoms with Crippen molar-refractivity contribution in [2.75, 3.05) is 6.54 Å². The van der Waals surface area contributed by atoms with Crippen molar-refractivity contribution in [3.05, 3.63) is 103 Å². The second-order valence-corrected chi connectivity index (χ2v) is 9.63. The van der Waals surface area contributed by atoms with Crippen molar-refractivity contribution in [1.29, 1.82) is 0 Å². The van der Waals surface area contributed by atoms with E-state index in [1.165, 1.54) is 15.9 Å². The van der Waals surface area contributed by atoms with Gasteiger partial charge in [-0.2, -0.15) is 0 Å². The van der Waals surface area contributed by atoms with E-state index in [0.29, 0.717) is 36.3 Å². The molecule has 5 rings (SSSR count). The molecule has 168 valence electrons. The lowest BCUT2D eigenvalue weighted by Crippen LogP contribution is -2.40. The third kappa shape index (κ3) is 3.82. The molecule has 2 aromatic carbocycles. The second-order valence-electron chi connectivity index (χ2n) is 8.55. The molecule has 1 amide bonds. The number of thiophene rings is 1. The molecule has 0 saturated heterocycles. The topological polar surface area (TPSA) is 64.3 Å². The van der Waals surface area contributed by atoms with Crippen molar-refractivity contribution in [3.63, 3.8) is 0 Å². The minimum absolute atomic E-state index is 0.0249. The van der Waals surface area contributed by atoms with Gasteiger partial charge < -0.3 is 4.90 Å². The van der Waals surface area contributed by atoms with Crippen LogP contribution in [0.15, 0.2) is 64.2 Å². The van der Waals surface area contributed by atoms with Crippen LogP contribution in [0.1, 0.15) is 34.1 Å². The summed E-state index contributed by atoms with van der Waals surface area (Å²) in [5, 5.41) is 0.627. The molecule has 6 nitrogen and oxygen atoms in total. The van der Waals surface area contributed by atoms with Gasteiger partial charge in [0.25, 0.3) is 5.56 Å². The van der Waals surface area contributed by atoms with Crippen LogP contribution in [-0.2, 0) is 30.8 Å². The number of nitrogens with zero attached hydrogens (tertiary/aromatic N) is 3. The summed E-state index contributed by atoms with van der Waals surface area (Å²) in [6.07, 6.45) is 0.623. The van der Waals surface area contributed by atoms with Gasteiger partial charge in [-0.1, -0.05) is 54.6 Å². The number of fused-ring (bicyclic) bond motifs is 3. The lowest BCUT2D eigenvalue weighted by molar-refractivity contribution is -0.129. The zero-order valence-electron chi connectivity index (χ0n) is 18.7. The van der Waals surface area contributed by atoms with Crippen LogP contribution < -0.4 is 11.2 Å². The first-order valence-electron chi connectivity index (χ1n) is 11.1. The Morgan fingerprint density at radius 2 is 1.70 bits per heavy atom. The Hall–Kier alpha value is -3.45. The molecule has 0 saturated carbocycles. The van der Waals surface area contributed by atoms with Crippen LogP contribution in [0.2, 0.25) is 0 Å². The first-order chi connectivity index (χ1) is 15.9. The summed E-state index contributed by atoms with van der Waals surface area (Å²) in [7, 11) is 0. The summed E-state index contributed by atoms with van der Waals surface area (Å²) in [5.74, 6) is 0.0249. The number of carbonyl (C=O) groups is 1. The van der Waals surface area contributed by atoms with Gasteiger partial charge in [0, 0.05) is 18.3 Å². The van der Waals surface area contributed by atoms with E-state index in [-0.39, 0.29) is 23.7 Å². The van der Waals surface area contributed by atoms with Crippen molar-refractivity contribution >= 4 is 27.5 Å². The molecular formula is C26H25N3O3S. The maximum atomic E-state index is 13.7. The SMILES string of the molecule is CC(=O)N1CCc2c(sc3c2c(=O)n(Cc2ccccc2)c(=O)n3Cc2ccccc2C)C1. The van der Waals surface area contributed by atoms with E-state index in [1.807, 2.05) is 61.5 Å². The minimum Gasteiger partial charge on any atom is -0.337 e. The molecule has 0 bridgehead atoms. The largest absolute Gasteiger partial charge is 0.337 e. The highest BCUT2D eigenvalue weighted by Crippen LogP contribution is 2.33.